The zero-order valence-corrected chi connectivity index (χ0v) is 17.8. The molecule has 0 aliphatic carbocycles. The van der Waals surface area contributed by atoms with Gasteiger partial charge < -0.3 is 20.5 Å². The van der Waals surface area contributed by atoms with Gasteiger partial charge in [0.15, 0.2) is 11.3 Å². The van der Waals surface area contributed by atoms with Crippen LogP contribution >= 0.6 is 47.0 Å². The highest BCUT2D eigenvalue weighted by molar-refractivity contribution is 7.80. The predicted molar refractivity (Wildman–Crippen MR) is 117 cm³/mol. The number of alkyl carbamates (subject to hydrolysis) is 1. The van der Waals surface area contributed by atoms with Gasteiger partial charge in [-0.2, -0.15) is 0 Å². The highest BCUT2D eigenvalue weighted by Crippen LogP contribution is 2.29. The van der Waals surface area contributed by atoms with Gasteiger partial charge in [0.2, 0.25) is 3.79 Å². The van der Waals surface area contributed by atoms with Gasteiger partial charge >= 0.3 is 12.1 Å². The van der Waals surface area contributed by atoms with Crippen molar-refractivity contribution in [1.29, 1.82) is 0 Å². The van der Waals surface area contributed by atoms with Crippen LogP contribution in [0.1, 0.15) is 15.9 Å². The Morgan fingerprint density at radius 1 is 1.07 bits per heavy atom. The molecule has 0 aliphatic rings. The smallest absolute Gasteiger partial charge is 0.409 e. The fourth-order valence-electron chi connectivity index (χ4n) is 2.11. The van der Waals surface area contributed by atoms with E-state index < -0.39 is 22.0 Å². The Balaban J connectivity index is 1.95. The Morgan fingerprint density at radius 2 is 1.76 bits per heavy atom. The summed E-state index contributed by atoms with van der Waals surface area (Å²) in [6.45, 7) is 0.0317. The van der Waals surface area contributed by atoms with Crippen LogP contribution in [0.4, 0.5) is 10.5 Å². The summed E-state index contributed by atoms with van der Waals surface area (Å²) in [4.78, 5) is 23.1. The maximum Gasteiger partial charge on any atom is 0.409 e. The number of benzene rings is 2. The Hall–Kier alpha value is -2.26. The quantitative estimate of drug-likeness (QED) is 0.280. The summed E-state index contributed by atoms with van der Waals surface area (Å²) >= 11 is 22.9. The Labute approximate surface area is 187 Å². The number of hydrogen-bond acceptors (Lipinski definition) is 4. The topological polar surface area (TPSA) is 99.7 Å². The lowest BCUT2D eigenvalue weighted by Crippen LogP contribution is -2.56. The van der Waals surface area contributed by atoms with Gasteiger partial charge in [-0.25, -0.2) is 9.59 Å². The van der Waals surface area contributed by atoms with E-state index in [0.717, 1.165) is 5.56 Å². The summed E-state index contributed by atoms with van der Waals surface area (Å²) in [6.07, 6.45) is -2.05. The van der Waals surface area contributed by atoms with E-state index in [1.54, 1.807) is 24.3 Å². The highest BCUT2D eigenvalue weighted by Gasteiger charge is 2.35. The molecule has 4 N–H and O–H groups in total. The Bertz CT molecular complexity index is 878. The average molecular weight is 477 g/mol. The van der Waals surface area contributed by atoms with E-state index in [4.69, 9.17) is 56.9 Å². The number of nitrogens with one attached hydrogen (secondary N) is 3. The molecule has 2 aromatic carbocycles. The van der Waals surface area contributed by atoms with Crippen molar-refractivity contribution in [2.75, 3.05) is 5.32 Å². The van der Waals surface area contributed by atoms with Gasteiger partial charge in [-0.15, -0.1) is 0 Å². The number of hydrogen-bond donors (Lipinski definition) is 4. The first-order chi connectivity index (χ1) is 13.6. The number of anilines is 1. The van der Waals surface area contributed by atoms with Crippen molar-refractivity contribution in [3.63, 3.8) is 0 Å². The molecule has 2 rings (SSSR count). The van der Waals surface area contributed by atoms with Crippen molar-refractivity contribution in [3.05, 3.63) is 65.7 Å². The lowest BCUT2D eigenvalue weighted by Gasteiger charge is -2.27. The fraction of sp³-hybridized carbons (Fsp3) is 0.167. The molecule has 29 heavy (non-hydrogen) atoms. The molecule has 11 heteroatoms. The third kappa shape index (κ3) is 7.94. The second-order valence-corrected chi connectivity index (χ2v) is 8.44. The van der Waals surface area contributed by atoms with E-state index in [1.165, 1.54) is 12.1 Å². The largest absolute Gasteiger partial charge is 0.478 e. The van der Waals surface area contributed by atoms with Crippen molar-refractivity contribution in [3.8, 4) is 0 Å². The second-order valence-electron chi connectivity index (χ2n) is 5.67. The number of thiocarbonyl (C=S) groups is 1. The first-order valence-electron chi connectivity index (χ1n) is 8.10. The number of halogens is 3. The minimum atomic E-state index is -1.96. The molecule has 0 heterocycles. The molecule has 1 atom stereocenters. The number of amides is 1. The minimum Gasteiger partial charge on any atom is -0.478 e. The third-order valence-electron chi connectivity index (χ3n) is 3.45. The van der Waals surface area contributed by atoms with Crippen molar-refractivity contribution >= 4 is 69.9 Å². The molecule has 0 unspecified atom stereocenters. The monoisotopic (exact) mass is 475 g/mol. The summed E-state index contributed by atoms with van der Waals surface area (Å²) in [6, 6.07) is 15.0. The van der Waals surface area contributed by atoms with Crippen LogP contribution in [-0.4, -0.2) is 32.2 Å². The molecule has 7 nitrogen and oxygen atoms in total. The average Bonchev–Trinajstić information content (AvgIpc) is 2.66. The maximum atomic E-state index is 12.1. The van der Waals surface area contributed by atoms with Crippen LogP contribution in [0.5, 0.6) is 0 Å². The molecule has 0 spiro atoms. The molecule has 2 aromatic rings. The van der Waals surface area contributed by atoms with Crippen LogP contribution in [0.2, 0.25) is 0 Å². The molecule has 0 saturated carbocycles. The normalized spacial score (nSPS) is 11.8. The first-order valence-corrected chi connectivity index (χ1v) is 9.64. The molecular formula is C18H16Cl3N3O4S. The Kier molecular flexibility index (Phi) is 8.33. The van der Waals surface area contributed by atoms with Gasteiger partial charge in [-0.3, -0.25) is 5.32 Å². The zero-order chi connectivity index (χ0) is 21.4. The molecule has 0 bridgehead atoms. The van der Waals surface area contributed by atoms with Crippen LogP contribution in [0.3, 0.4) is 0 Å². The van der Waals surface area contributed by atoms with Crippen molar-refractivity contribution in [1.82, 2.24) is 10.6 Å². The molecule has 154 valence electrons. The summed E-state index contributed by atoms with van der Waals surface area (Å²) in [5.41, 5.74) is 1.26. The highest BCUT2D eigenvalue weighted by atomic mass is 35.6. The summed E-state index contributed by atoms with van der Waals surface area (Å²) in [5.74, 6) is -1.09. The van der Waals surface area contributed by atoms with Crippen molar-refractivity contribution < 1.29 is 19.4 Å². The summed E-state index contributed by atoms with van der Waals surface area (Å²) in [5, 5.41) is 16.8. The van der Waals surface area contributed by atoms with Crippen LogP contribution in [-0.2, 0) is 11.3 Å². The summed E-state index contributed by atoms with van der Waals surface area (Å²) in [7, 11) is 0. The number of carbonyl (C=O) groups is 2. The zero-order valence-electron chi connectivity index (χ0n) is 14.7. The lowest BCUT2D eigenvalue weighted by molar-refractivity contribution is 0.0697. The number of carboxylic acid groups (broad SMARTS) is 1. The Morgan fingerprint density at radius 3 is 2.38 bits per heavy atom. The molecular weight excluding hydrogens is 461 g/mol. The van der Waals surface area contributed by atoms with E-state index in [1.807, 2.05) is 18.2 Å². The molecule has 0 saturated heterocycles. The molecule has 0 aliphatic heterocycles. The van der Waals surface area contributed by atoms with E-state index in [0.29, 0.717) is 5.69 Å². The number of carboxylic acids is 1. The van der Waals surface area contributed by atoms with E-state index in [-0.39, 0.29) is 17.3 Å². The minimum absolute atomic E-state index is 0.00720. The van der Waals surface area contributed by atoms with Crippen LogP contribution in [0, 0.1) is 0 Å². The standard InChI is InChI=1S/C18H16Cl3N3O4S/c19-18(20,21)15(24-17(27)28-10-11-5-2-1-3-6-11)23-16(29)22-13-8-4-7-12(9-13)14(25)26/h1-9,15H,10H2,(H,24,27)(H,25,26)(H2,22,23,29)/t15-/m0/s1. The second kappa shape index (κ2) is 10.5. The SMILES string of the molecule is O=C(N[C@H](NC(=S)Nc1cccc(C(=O)O)c1)C(Cl)(Cl)Cl)OCc1ccccc1. The molecule has 0 radical (unpaired) electrons. The van der Waals surface area contributed by atoms with Crippen molar-refractivity contribution in [2.45, 2.75) is 16.6 Å². The van der Waals surface area contributed by atoms with Gasteiger partial charge in [-0.05, 0) is 36.0 Å². The van der Waals surface area contributed by atoms with E-state index in [2.05, 4.69) is 16.0 Å². The van der Waals surface area contributed by atoms with E-state index >= 15 is 0 Å². The van der Waals surface area contributed by atoms with Gasteiger partial charge in [0.05, 0.1) is 5.56 Å². The van der Waals surface area contributed by atoms with Crippen LogP contribution in [0.15, 0.2) is 54.6 Å². The van der Waals surface area contributed by atoms with Crippen LogP contribution in [0.25, 0.3) is 0 Å². The van der Waals surface area contributed by atoms with Crippen LogP contribution < -0.4 is 16.0 Å². The third-order valence-corrected chi connectivity index (χ3v) is 4.32. The van der Waals surface area contributed by atoms with E-state index in [9.17, 15) is 9.59 Å². The number of aromatic carboxylic acids is 1. The molecule has 1 amide bonds. The lowest BCUT2D eigenvalue weighted by atomic mass is 10.2. The van der Waals surface area contributed by atoms with Gasteiger partial charge in [0.1, 0.15) is 6.61 Å². The number of ether oxygens (including phenoxy) is 1. The summed E-state index contributed by atoms with van der Waals surface area (Å²) < 4.78 is 3.14. The predicted octanol–water partition coefficient (Wildman–Crippen LogP) is 4.29. The number of rotatable bonds is 6. The van der Waals surface area contributed by atoms with Gasteiger partial charge in [0.25, 0.3) is 0 Å². The van der Waals surface area contributed by atoms with Gasteiger partial charge in [-0.1, -0.05) is 71.2 Å². The molecule has 0 aromatic heterocycles. The maximum absolute atomic E-state index is 12.1. The number of alkyl halides is 3. The number of carbonyl (C=O) groups excluding carboxylic acids is 1. The first kappa shape index (κ1) is 23.0. The van der Waals surface area contributed by atoms with Crippen molar-refractivity contribution in [2.24, 2.45) is 0 Å². The van der Waals surface area contributed by atoms with Gasteiger partial charge in [0, 0.05) is 5.69 Å². The fourth-order valence-corrected chi connectivity index (χ4v) is 2.67. The molecule has 0 fully saturated rings.